The van der Waals surface area contributed by atoms with Crippen molar-refractivity contribution in [3.63, 3.8) is 0 Å². The number of nitrogens with zero attached hydrogens (tertiary/aromatic N) is 5. The van der Waals surface area contributed by atoms with Gasteiger partial charge in [-0.15, -0.1) is 0 Å². The number of aromatic nitrogens is 4. The number of nitrogens with one attached hydrogen (secondary N) is 2. The van der Waals surface area contributed by atoms with Gasteiger partial charge in [-0.2, -0.15) is 31.4 Å². The molecule has 2 N–H and O–H groups in total. The molecule has 186 valence electrons. The Morgan fingerprint density at radius 1 is 1.09 bits per heavy atom. The van der Waals surface area contributed by atoms with Gasteiger partial charge in [0.25, 0.3) is 5.56 Å². The molecule has 1 unspecified atom stereocenters. The zero-order valence-corrected chi connectivity index (χ0v) is 17.9. The minimum absolute atomic E-state index is 0.0236. The van der Waals surface area contributed by atoms with Gasteiger partial charge in [0.15, 0.2) is 0 Å². The molecule has 0 radical (unpaired) electrons. The summed E-state index contributed by atoms with van der Waals surface area (Å²) in [6, 6.07) is 0.0142. The smallest absolute Gasteiger partial charge is 0.339 e. The minimum atomic E-state index is -4.81. The number of hydrogen-bond donors (Lipinski definition) is 2. The normalized spacial score (nSPS) is 16.0. The van der Waals surface area contributed by atoms with Crippen molar-refractivity contribution in [1.29, 1.82) is 0 Å². The van der Waals surface area contributed by atoms with Crippen molar-refractivity contribution < 1.29 is 31.1 Å². The van der Waals surface area contributed by atoms with Gasteiger partial charge in [0.1, 0.15) is 5.56 Å². The number of hydrogen-bond acceptors (Lipinski definition) is 7. The quantitative estimate of drug-likeness (QED) is 0.593. The van der Waals surface area contributed by atoms with Crippen LogP contribution < -0.4 is 15.8 Å². The average Bonchev–Trinajstić information content (AvgIpc) is 2.78. The van der Waals surface area contributed by atoms with E-state index in [9.17, 15) is 35.9 Å². The first-order valence-corrected chi connectivity index (χ1v) is 10.2. The van der Waals surface area contributed by atoms with Crippen LogP contribution in [0.5, 0.6) is 0 Å². The zero-order valence-electron chi connectivity index (χ0n) is 17.9. The van der Waals surface area contributed by atoms with E-state index in [4.69, 9.17) is 0 Å². The number of H-pyrrole nitrogens is 1. The second kappa shape index (κ2) is 9.95. The molecule has 9 nitrogen and oxygen atoms in total. The first kappa shape index (κ1) is 25.4. The molecule has 1 atom stereocenters. The van der Waals surface area contributed by atoms with Crippen LogP contribution in [0.4, 0.5) is 32.3 Å². The first-order valence-electron chi connectivity index (χ1n) is 10.2. The number of rotatable bonds is 6. The van der Waals surface area contributed by atoms with Crippen LogP contribution in [0.1, 0.15) is 36.2 Å². The summed E-state index contributed by atoms with van der Waals surface area (Å²) in [5.74, 6) is -0.0553. The van der Waals surface area contributed by atoms with Crippen molar-refractivity contribution in [3.8, 4) is 0 Å². The third-order valence-electron chi connectivity index (χ3n) is 5.24. The Bertz CT molecular complexity index is 1050. The fraction of sp³-hybridized carbons (Fsp3) is 0.526. The first-order chi connectivity index (χ1) is 15.9. The number of aromatic amines is 1. The maximum absolute atomic E-state index is 12.9. The van der Waals surface area contributed by atoms with Crippen LogP contribution in [-0.4, -0.2) is 63.7 Å². The van der Waals surface area contributed by atoms with Gasteiger partial charge in [-0.25, -0.2) is 15.1 Å². The molecule has 1 amide bonds. The van der Waals surface area contributed by atoms with Crippen molar-refractivity contribution in [2.24, 2.45) is 0 Å². The molecule has 3 heterocycles. The number of halogens is 6. The molecular weight excluding hydrogens is 472 g/mol. The van der Waals surface area contributed by atoms with E-state index in [0.29, 0.717) is 44.6 Å². The van der Waals surface area contributed by atoms with Gasteiger partial charge in [0, 0.05) is 57.6 Å². The molecule has 34 heavy (non-hydrogen) atoms. The number of alkyl halides is 6. The second-order valence-corrected chi connectivity index (χ2v) is 7.60. The lowest BCUT2D eigenvalue weighted by atomic mass is 10.1. The maximum Gasteiger partial charge on any atom is 0.421 e. The lowest BCUT2D eigenvalue weighted by Gasteiger charge is -2.34. The maximum atomic E-state index is 12.9. The summed E-state index contributed by atoms with van der Waals surface area (Å²) in [6.07, 6.45) is -7.85. The molecule has 2 aromatic heterocycles. The van der Waals surface area contributed by atoms with Crippen molar-refractivity contribution in [2.45, 2.75) is 31.7 Å². The molecule has 0 spiro atoms. The number of anilines is 1. The number of piperazine rings is 1. The Balaban J connectivity index is 1.46. The van der Waals surface area contributed by atoms with Crippen molar-refractivity contribution in [1.82, 2.24) is 30.4 Å². The van der Waals surface area contributed by atoms with E-state index in [-0.39, 0.29) is 30.5 Å². The summed E-state index contributed by atoms with van der Waals surface area (Å²) in [7, 11) is 0. The Morgan fingerprint density at radius 2 is 1.71 bits per heavy atom. The van der Waals surface area contributed by atoms with Crippen LogP contribution in [-0.2, 0) is 17.1 Å². The van der Waals surface area contributed by atoms with Gasteiger partial charge in [-0.1, -0.05) is 0 Å². The predicted molar refractivity (Wildman–Crippen MR) is 107 cm³/mol. The van der Waals surface area contributed by atoms with Crippen LogP contribution in [0.2, 0.25) is 0 Å². The lowest BCUT2D eigenvalue weighted by Crippen LogP contribution is -2.49. The third kappa shape index (κ3) is 6.21. The summed E-state index contributed by atoms with van der Waals surface area (Å²) in [5, 5.41) is 8.34. The molecule has 0 bridgehead atoms. The molecule has 0 aliphatic carbocycles. The van der Waals surface area contributed by atoms with E-state index >= 15 is 0 Å². The Kier molecular flexibility index (Phi) is 7.43. The highest BCUT2D eigenvalue weighted by molar-refractivity contribution is 5.76. The van der Waals surface area contributed by atoms with Crippen LogP contribution in [0.25, 0.3) is 0 Å². The highest BCUT2D eigenvalue weighted by atomic mass is 19.4. The van der Waals surface area contributed by atoms with Crippen LogP contribution in [0.3, 0.4) is 0 Å². The lowest BCUT2D eigenvalue weighted by molar-refractivity contribution is -0.139. The Morgan fingerprint density at radius 3 is 2.26 bits per heavy atom. The van der Waals surface area contributed by atoms with Crippen LogP contribution in [0, 0.1) is 0 Å². The van der Waals surface area contributed by atoms with Gasteiger partial charge < -0.3 is 15.1 Å². The van der Waals surface area contributed by atoms with E-state index in [1.807, 2.05) is 5.10 Å². The summed E-state index contributed by atoms with van der Waals surface area (Å²) < 4.78 is 76.5. The van der Waals surface area contributed by atoms with E-state index < -0.39 is 35.1 Å². The Hall–Kier alpha value is -3.23. The molecule has 1 fully saturated rings. The molecule has 2 aromatic rings. The standard InChI is InChI=1S/C19H21F6N7O2/c1-11(14-8-13(19(23,24)25)16(34)30-29-14)26-3-2-15(33)31-4-6-32(7-5-31)17-27-9-12(10-28-17)18(20,21)22/h8-11,26H,2-7H2,1H3,(H,30,34). The predicted octanol–water partition coefficient (Wildman–Crippen LogP) is 1.99. The highest BCUT2D eigenvalue weighted by Crippen LogP contribution is 2.29. The van der Waals surface area contributed by atoms with Gasteiger partial charge >= 0.3 is 12.4 Å². The molecule has 1 aliphatic heterocycles. The SMILES string of the molecule is CC(NCCC(=O)N1CCN(c2ncc(C(F)(F)F)cn2)CC1)c1cc(C(F)(F)F)c(=O)[nH]n1. The van der Waals surface area contributed by atoms with Gasteiger partial charge in [0.2, 0.25) is 11.9 Å². The highest BCUT2D eigenvalue weighted by Gasteiger charge is 2.35. The van der Waals surface area contributed by atoms with Gasteiger partial charge in [-0.05, 0) is 13.0 Å². The van der Waals surface area contributed by atoms with E-state index in [1.54, 1.807) is 16.7 Å². The zero-order chi connectivity index (χ0) is 25.1. The van der Waals surface area contributed by atoms with Crippen LogP contribution in [0.15, 0.2) is 23.3 Å². The Labute approximate surface area is 189 Å². The minimum Gasteiger partial charge on any atom is -0.339 e. The molecule has 3 rings (SSSR count). The average molecular weight is 493 g/mol. The van der Waals surface area contributed by atoms with Crippen molar-refractivity contribution >= 4 is 11.9 Å². The van der Waals surface area contributed by atoms with Crippen molar-refractivity contribution in [3.05, 3.63) is 45.6 Å². The molecule has 1 aliphatic rings. The number of carbonyl (C=O) groups is 1. The van der Waals surface area contributed by atoms with E-state index in [2.05, 4.69) is 20.4 Å². The number of carbonyl (C=O) groups excluding carboxylic acids is 1. The fourth-order valence-corrected chi connectivity index (χ4v) is 3.30. The summed E-state index contributed by atoms with van der Waals surface area (Å²) in [4.78, 5) is 34.5. The molecule has 1 saturated heterocycles. The molecule has 0 saturated carbocycles. The summed E-state index contributed by atoms with van der Waals surface area (Å²) in [5.41, 5.74) is -3.65. The molecular formula is C19H21F6N7O2. The van der Waals surface area contributed by atoms with Gasteiger partial charge in [0.05, 0.1) is 11.3 Å². The topological polar surface area (TPSA) is 107 Å². The van der Waals surface area contributed by atoms with Crippen LogP contribution >= 0.6 is 0 Å². The van der Waals surface area contributed by atoms with Crippen molar-refractivity contribution in [2.75, 3.05) is 37.6 Å². The molecule has 0 aromatic carbocycles. The second-order valence-electron chi connectivity index (χ2n) is 7.60. The van der Waals surface area contributed by atoms with Gasteiger partial charge in [-0.3, -0.25) is 9.59 Å². The largest absolute Gasteiger partial charge is 0.421 e. The monoisotopic (exact) mass is 493 g/mol. The van der Waals surface area contributed by atoms with E-state index in [1.165, 1.54) is 0 Å². The third-order valence-corrected chi connectivity index (χ3v) is 5.24. The molecule has 15 heteroatoms. The summed E-state index contributed by atoms with van der Waals surface area (Å²) >= 11 is 0. The fourth-order valence-electron chi connectivity index (χ4n) is 3.30. The number of amides is 1. The van der Waals surface area contributed by atoms with E-state index in [0.717, 1.165) is 0 Å². The summed E-state index contributed by atoms with van der Waals surface area (Å²) in [6.45, 7) is 3.01.